The zero-order valence-corrected chi connectivity index (χ0v) is 18.9. The molecule has 156 valence electrons. The van der Waals surface area contributed by atoms with Gasteiger partial charge in [-0.1, -0.05) is 27.6 Å². The molecule has 0 atom stereocenters. The van der Waals surface area contributed by atoms with E-state index < -0.39 is 23.9 Å². The molecule has 0 fully saturated rings. The van der Waals surface area contributed by atoms with Gasteiger partial charge in [0.1, 0.15) is 17.1 Å². The summed E-state index contributed by atoms with van der Waals surface area (Å²) in [6, 6.07) is 0. The number of carbonyl (C=O) groups excluding carboxylic acids is 3. The molecule has 0 aromatic heterocycles. The molecule has 0 spiro atoms. The van der Waals surface area contributed by atoms with E-state index in [9.17, 15) is 14.4 Å². The SMILES string of the molecule is CB(OCC(C)(C)OC(=O)CCC(=O)C(C)(C)C)C(=O)CN(C)C(C)(C)C. The summed E-state index contributed by atoms with van der Waals surface area (Å²) in [6.07, 6.45) is 0.206. The van der Waals surface area contributed by atoms with Gasteiger partial charge >= 0.3 is 12.9 Å². The second-order valence-corrected chi connectivity index (χ2v) is 9.85. The maximum atomic E-state index is 12.3. The Bertz CT molecular complexity index is 531. The molecule has 0 unspecified atom stereocenters. The quantitative estimate of drug-likeness (QED) is 0.426. The Hall–Kier alpha value is -1.21. The predicted molar refractivity (Wildman–Crippen MR) is 109 cm³/mol. The van der Waals surface area contributed by atoms with Crippen LogP contribution in [0.2, 0.25) is 6.82 Å². The highest BCUT2D eigenvalue weighted by molar-refractivity contribution is 6.84. The molecule has 7 heteroatoms. The van der Waals surface area contributed by atoms with Crippen molar-refractivity contribution < 1.29 is 23.8 Å². The Morgan fingerprint density at radius 3 is 1.89 bits per heavy atom. The highest BCUT2D eigenvalue weighted by atomic mass is 16.6. The van der Waals surface area contributed by atoms with Crippen LogP contribution >= 0.6 is 0 Å². The number of carbonyl (C=O) groups is 3. The molecule has 0 amide bonds. The van der Waals surface area contributed by atoms with Crippen LogP contribution in [0.1, 0.15) is 68.2 Å². The first kappa shape index (κ1) is 25.8. The zero-order chi connectivity index (χ0) is 21.6. The van der Waals surface area contributed by atoms with Crippen LogP contribution in [0.5, 0.6) is 0 Å². The largest absolute Gasteiger partial charge is 0.457 e. The minimum absolute atomic E-state index is 0.0228. The van der Waals surface area contributed by atoms with Crippen molar-refractivity contribution in [3.8, 4) is 0 Å². The topological polar surface area (TPSA) is 72.9 Å². The van der Waals surface area contributed by atoms with Crippen LogP contribution in [0.4, 0.5) is 0 Å². The maximum absolute atomic E-state index is 12.3. The Labute approximate surface area is 165 Å². The summed E-state index contributed by atoms with van der Waals surface area (Å²) in [4.78, 5) is 38.2. The summed E-state index contributed by atoms with van der Waals surface area (Å²) in [7, 11) is 1.90. The van der Waals surface area contributed by atoms with Crippen molar-refractivity contribution in [2.75, 3.05) is 20.2 Å². The smallest absolute Gasteiger partial charge is 0.367 e. The molecule has 0 bridgehead atoms. The van der Waals surface area contributed by atoms with Gasteiger partial charge in [0.05, 0.1) is 19.6 Å². The van der Waals surface area contributed by atoms with Crippen LogP contribution in [0, 0.1) is 5.41 Å². The molecule has 0 N–H and O–H groups in total. The lowest BCUT2D eigenvalue weighted by Gasteiger charge is -2.32. The monoisotopic (exact) mass is 383 g/mol. The van der Waals surface area contributed by atoms with E-state index in [1.54, 1.807) is 20.7 Å². The minimum atomic E-state index is -0.869. The average molecular weight is 383 g/mol. The van der Waals surface area contributed by atoms with E-state index in [4.69, 9.17) is 9.39 Å². The normalized spacial score (nSPS) is 12.9. The number of likely N-dealkylation sites (N-methyl/N-ethyl adjacent to an activating group) is 1. The summed E-state index contributed by atoms with van der Waals surface area (Å²) in [5, 5.41) is 0. The Balaban J connectivity index is 4.44. The minimum Gasteiger partial charge on any atom is -0.457 e. The molecule has 6 nitrogen and oxygen atoms in total. The van der Waals surface area contributed by atoms with Gasteiger partial charge in [0, 0.05) is 17.4 Å². The molecule has 0 aliphatic heterocycles. The van der Waals surface area contributed by atoms with Gasteiger partial charge in [-0.2, -0.15) is 0 Å². The second-order valence-electron chi connectivity index (χ2n) is 9.85. The van der Waals surface area contributed by atoms with Crippen molar-refractivity contribution in [1.82, 2.24) is 4.90 Å². The highest BCUT2D eigenvalue weighted by Gasteiger charge is 2.30. The Morgan fingerprint density at radius 1 is 0.926 bits per heavy atom. The fourth-order valence-corrected chi connectivity index (χ4v) is 2.00. The third-order valence-corrected chi connectivity index (χ3v) is 4.46. The Kier molecular flexibility index (Phi) is 9.39. The van der Waals surface area contributed by atoms with Crippen LogP contribution in [0.3, 0.4) is 0 Å². The summed E-state index contributed by atoms with van der Waals surface area (Å²) in [6.45, 7) is 16.6. The van der Waals surface area contributed by atoms with Gasteiger partial charge in [-0.25, -0.2) is 0 Å². The fraction of sp³-hybridized carbons (Fsp3) is 0.850. The van der Waals surface area contributed by atoms with Gasteiger partial charge in [0.2, 0.25) is 0 Å². The molecule has 0 saturated heterocycles. The van der Waals surface area contributed by atoms with Crippen molar-refractivity contribution in [3.63, 3.8) is 0 Å². The molecule has 0 aliphatic carbocycles. The number of hydrogen-bond donors (Lipinski definition) is 0. The third kappa shape index (κ3) is 10.6. The molecule has 0 aromatic carbocycles. The molecular weight excluding hydrogens is 345 g/mol. The van der Waals surface area contributed by atoms with Gasteiger partial charge in [-0.3, -0.25) is 14.5 Å². The van der Waals surface area contributed by atoms with Crippen molar-refractivity contribution in [2.45, 2.75) is 86.2 Å². The molecule has 0 saturated carbocycles. The van der Waals surface area contributed by atoms with Gasteiger partial charge in [-0.15, -0.1) is 0 Å². The number of hydrogen-bond acceptors (Lipinski definition) is 6. The lowest BCUT2D eigenvalue weighted by atomic mass is 9.65. The average Bonchev–Trinajstić information content (AvgIpc) is 2.47. The number of rotatable bonds is 10. The van der Waals surface area contributed by atoms with Crippen LogP contribution in [-0.4, -0.2) is 60.6 Å². The van der Waals surface area contributed by atoms with Gasteiger partial charge in [-0.05, 0) is 41.7 Å². The zero-order valence-electron chi connectivity index (χ0n) is 18.9. The van der Waals surface area contributed by atoms with E-state index in [0.29, 0.717) is 6.54 Å². The lowest BCUT2D eigenvalue weighted by Crippen LogP contribution is -2.46. The lowest BCUT2D eigenvalue weighted by molar-refractivity contribution is -0.160. The number of ether oxygens (including phenoxy) is 1. The van der Waals surface area contributed by atoms with E-state index in [1.807, 2.05) is 53.5 Å². The molecule has 0 aromatic rings. The van der Waals surface area contributed by atoms with Gasteiger partial charge in [0.15, 0.2) is 0 Å². The number of nitrogens with zero attached hydrogens (tertiary/aromatic N) is 1. The predicted octanol–water partition coefficient (Wildman–Crippen LogP) is 3.18. The molecule has 27 heavy (non-hydrogen) atoms. The van der Waals surface area contributed by atoms with Crippen molar-refractivity contribution in [1.29, 1.82) is 0 Å². The van der Waals surface area contributed by atoms with Crippen LogP contribution < -0.4 is 0 Å². The van der Waals surface area contributed by atoms with E-state index in [2.05, 4.69) is 0 Å². The van der Waals surface area contributed by atoms with E-state index in [-0.39, 0.29) is 36.5 Å². The first-order valence-corrected chi connectivity index (χ1v) is 9.56. The van der Waals surface area contributed by atoms with Crippen molar-refractivity contribution in [3.05, 3.63) is 0 Å². The van der Waals surface area contributed by atoms with E-state index >= 15 is 0 Å². The van der Waals surface area contributed by atoms with Crippen LogP contribution in [-0.2, 0) is 23.8 Å². The summed E-state index contributed by atoms with van der Waals surface area (Å²) in [5.41, 5.74) is -1.46. The molecular formula is C20H38BNO5. The van der Waals surface area contributed by atoms with Crippen molar-refractivity contribution >= 4 is 24.4 Å². The van der Waals surface area contributed by atoms with E-state index in [1.165, 1.54) is 0 Å². The number of ketones is 1. The molecule has 0 aliphatic rings. The van der Waals surface area contributed by atoms with Gasteiger partial charge < -0.3 is 14.2 Å². The van der Waals surface area contributed by atoms with Gasteiger partial charge in [0.25, 0.3) is 0 Å². The highest BCUT2D eigenvalue weighted by Crippen LogP contribution is 2.19. The van der Waals surface area contributed by atoms with Crippen LogP contribution in [0.15, 0.2) is 0 Å². The van der Waals surface area contributed by atoms with E-state index in [0.717, 1.165) is 0 Å². The first-order valence-electron chi connectivity index (χ1n) is 9.56. The van der Waals surface area contributed by atoms with Crippen LogP contribution in [0.25, 0.3) is 0 Å². The maximum Gasteiger partial charge on any atom is 0.367 e. The second kappa shape index (κ2) is 9.83. The standard InChI is InChI=1S/C20H38BNO5/c1-18(2,3)15(23)11-12-17(25)27-20(7,8)14-26-21(9)16(24)13-22(10)19(4,5)6/h11-14H2,1-10H3. The van der Waals surface area contributed by atoms with Crippen molar-refractivity contribution in [2.24, 2.45) is 5.41 Å². The third-order valence-electron chi connectivity index (χ3n) is 4.46. The summed E-state index contributed by atoms with van der Waals surface area (Å²) < 4.78 is 11.1. The molecule has 0 radical (unpaired) electrons. The first-order chi connectivity index (χ1) is 12.0. The number of esters is 1. The Morgan fingerprint density at radius 2 is 1.44 bits per heavy atom. The number of Topliss-reactive ketones (excluding diaryl/α,β-unsaturated/α-hetero) is 1. The molecule has 0 rings (SSSR count). The fourth-order valence-electron chi connectivity index (χ4n) is 2.00. The molecule has 0 heterocycles. The summed E-state index contributed by atoms with van der Waals surface area (Å²) in [5.74, 6) is -0.414. The summed E-state index contributed by atoms with van der Waals surface area (Å²) >= 11 is 0.